The van der Waals surface area contributed by atoms with Crippen molar-refractivity contribution in [2.75, 3.05) is 42.6 Å². The molecule has 0 amide bonds. The maximum Gasteiger partial charge on any atom is 0.341 e. The molecule has 9 nitrogen and oxygen atoms in total. The van der Waals surface area contributed by atoms with Gasteiger partial charge in [0.05, 0.1) is 17.4 Å². The standard InChI is InChI=1S/C20H18FN5O4/c21-14-10-12-15-18(30-9-8-26(15)11-13(17(12)27)19(28)29)16(14)24-4-6-25(7-5-24)20-22-2-1-3-23-20/h1-3,10-11H,4-9H2,(H,28,29). The number of piperazine rings is 1. The van der Waals surface area contributed by atoms with E-state index in [1.807, 2.05) is 9.80 Å². The van der Waals surface area contributed by atoms with E-state index in [2.05, 4.69) is 9.97 Å². The molecule has 2 aromatic heterocycles. The van der Waals surface area contributed by atoms with Crippen LogP contribution in [0, 0.1) is 5.82 Å². The second-order valence-electron chi connectivity index (χ2n) is 7.17. The fourth-order valence-corrected chi connectivity index (χ4v) is 4.08. The number of halogens is 1. The first-order valence-electron chi connectivity index (χ1n) is 9.57. The number of benzene rings is 1. The molecular weight excluding hydrogens is 393 g/mol. The maximum atomic E-state index is 15.2. The third-order valence-electron chi connectivity index (χ3n) is 5.48. The van der Waals surface area contributed by atoms with Crippen LogP contribution < -0.4 is 20.0 Å². The van der Waals surface area contributed by atoms with E-state index in [9.17, 15) is 14.7 Å². The van der Waals surface area contributed by atoms with Crippen LogP contribution in [-0.2, 0) is 6.54 Å². The summed E-state index contributed by atoms with van der Waals surface area (Å²) in [7, 11) is 0. The molecule has 5 rings (SSSR count). The van der Waals surface area contributed by atoms with Crippen molar-refractivity contribution in [3.63, 3.8) is 0 Å². The van der Waals surface area contributed by atoms with Gasteiger partial charge in [-0.3, -0.25) is 4.79 Å². The predicted molar refractivity (Wildman–Crippen MR) is 107 cm³/mol. The van der Waals surface area contributed by atoms with Crippen LogP contribution in [0.3, 0.4) is 0 Å². The van der Waals surface area contributed by atoms with Crippen LogP contribution in [0.15, 0.2) is 35.5 Å². The molecule has 154 valence electrons. The molecule has 2 aliphatic heterocycles. The van der Waals surface area contributed by atoms with E-state index < -0.39 is 17.2 Å². The van der Waals surface area contributed by atoms with Crippen molar-refractivity contribution >= 4 is 28.5 Å². The molecule has 0 aliphatic carbocycles. The minimum Gasteiger partial charge on any atom is -0.487 e. The number of ether oxygens (including phenoxy) is 1. The summed E-state index contributed by atoms with van der Waals surface area (Å²) >= 11 is 0. The quantitative estimate of drug-likeness (QED) is 0.689. The van der Waals surface area contributed by atoms with Crippen molar-refractivity contribution in [3.8, 4) is 5.75 Å². The van der Waals surface area contributed by atoms with E-state index in [1.54, 1.807) is 23.0 Å². The van der Waals surface area contributed by atoms with E-state index in [1.165, 1.54) is 6.20 Å². The van der Waals surface area contributed by atoms with E-state index in [-0.39, 0.29) is 23.3 Å². The summed E-state index contributed by atoms with van der Waals surface area (Å²) in [5, 5.41) is 9.33. The first kappa shape index (κ1) is 18.3. The normalized spacial score (nSPS) is 15.9. The van der Waals surface area contributed by atoms with Crippen LogP contribution in [-0.4, -0.2) is 58.4 Å². The van der Waals surface area contributed by atoms with Gasteiger partial charge in [0, 0.05) is 44.8 Å². The van der Waals surface area contributed by atoms with E-state index in [0.717, 1.165) is 6.07 Å². The lowest BCUT2D eigenvalue weighted by atomic mass is 10.1. The second-order valence-corrected chi connectivity index (χ2v) is 7.17. The number of aromatic carboxylic acids is 1. The molecule has 30 heavy (non-hydrogen) atoms. The average Bonchev–Trinajstić information content (AvgIpc) is 2.76. The Balaban J connectivity index is 1.56. The van der Waals surface area contributed by atoms with Gasteiger partial charge in [-0.25, -0.2) is 19.2 Å². The number of carbonyl (C=O) groups is 1. The molecule has 0 spiro atoms. The Bertz CT molecular complexity index is 1210. The Hall–Kier alpha value is -3.69. The molecule has 3 aromatic rings. The molecule has 2 aliphatic rings. The molecular formula is C20H18FN5O4. The van der Waals surface area contributed by atoms with Gasteiger partial charge in [0.25, 0.3) is 0 Å². The van der Waals surface area contributed by atoms with E-state index in [4.69, 9.17) is 4.74 Å². The molecule has 0 atom stereocenters. The number of pyridine rings is 1. The third-order valence-corrected chi connectivity index (χ3v) is 5.48. The van der Waals surface area contributed by atoms with Gasteiger partial charge in [-0.15, -0.1) is 0 Å². The third kappa shape index (κ3) is 2.83. The number of aromatic nitrogens is 3. The van der Waals surface area contributed by atoms with Crippen LogP contribution in [0.2, 0.25) is 0 Å². The molecule has 1 saturated heterocycles. The van der Waals surface area contributed by atoms with Gasteiger partial charge in [0.2, 0.25) is 11.4 Å². The predicted octanol–water partition coefficient (Wildman–Crippen LogP) is 1.35. The lowest BCUT2D eigenvalue weighted by Gasteiger charge is -2.37. The minimum atomic E-state index is -1.33. The molecule has 10 heteroatoms. The Labute approximate surface area is 169 Å². The summed E-state index contributed by atoms with van der Waals surface area (Å²) in [5.74, 6) is -1.02. The van der Waals surface area contributed by atoms with Gasteiger partial charge in [-0.2, -0.15) is 0 Å². The summed E-state index contributed by atoms with van der Waals surface area (Å²) in [6, 6.07) is 2.88. The van der Waals surface area contributed by atoms with Crippen LogP contribution >= 0.6 is 0 Å². The van der Waals surface area contributed by atoms with Crippen LogP contribution in [0.25, 0.3) is 10.9 Å². The van der Waals surface area contributed by atoms with Crippen molar-refractivity contribution in [1.82, 2.24) is 14.5 Å². The topological polar surface area (TPSA) is 101 Å². The van der Waals surface area contributed by atoms with E-state index >= 15 is 4.39 Å². The van der Waals surface area contributed by atoms with Crippen molar-refractivity contribution in [3.05, 3.63) is 52.3 Å². The zero-order valence-corrected chi connectivity index (χ0v) is 15.9. The second kappa shape index (κ2) is 6.97. The monoisotopic (exact) mass is 411 g/mol. The van der Waals surface area contributed by atoms with Crippen molar-refractivity contribution in [2.45, 2.75) is 6.54 Å². The lowest BCUT2D eigenvalue weighted by molar-refractivity contribution is 0.0694. The van der Waals surface area contributed by atoms with Gasteiger partial charge in [-0.05, 0) is 12.1 Å². The summed E-state index contributed by atoms with van der Waals surface area (Å²) in [6.07, 6.45) is 4.67. The number of rotatable bonds is 3. The van der Waals surface area contributed by atoms with Crippen LogP contribution in [0.4, 0.5) is 16.0 Å². The van der Waals surface area contributed by atoms with Gasteiger partial charge in [0.1, 0.15) is 17.9 Å². The summed E-state index contributed by atoms with van der Waals surface area (Å²) in [5.41, 5.74) is -0.357. The zero-order valence-electron chi connectivity index (χ0n) is 15.9. The SMILES string of the molecule is O=C(O)c1cn2c3c(c(N4CCN(c5ncccn5)CC4)c(F)cc3c1=O)OCC2. The Morgan fingerprint density at radius 2 is 1.80 bits per heavy atom. The zero-order chi connectivity index (χ0) is 20.8. The van der Waals surface area contributed by atoms with Gasteiger partial charge >= 0.3 is 5.97 Å². The first-order valence-corrected chi connectivity index (χ1v) is 9.57. The first-order chi connectivity index (χ1) is 14.5. The Morgan fingerprint density at radius 1 is 1.10 bits per heavy atom. The number of hydrogen-bond acceptors (Lipinski definition) is 7. The highest BCUT2D eigenvalue weighted by Crippen LogP contribution is 2.40. The number of anilines is 2. The average molecular weight is 411 g/mol. The molecule has 4 heterocycles. The molecule has 0 saturated carbocycles. The van der Waals surface area contributed by atoms with Gasteiger partial charge < -0.3 is 24.2 Å². The molecule has 1 aromatic carbocycles. The molecule has 0 bridgehead atoms. The van der Waals surface area contributed by atoms with Crippen molar-refractivity contribution < 1.29 is 19.0 Å². The Kier molecular flexibility index (Phi) is 4.27. The molecule has 0 radical (unpaired) electrons. The smallest absolute Gasteiger partial charge is 0.341 e. The molecule has 1 fully saturated rings. The highest BCUT2D eigenvalue weighted by atomic mass is 19.1. The summed E-state index contributed by atoms with van der Waals surface area (Å²) in [4.78, 5) is 36.4. The highest BCUT2D eigenvalue weighted by Gasteiger charge is 2.29. The fourth-order valence-electron chi connectivity index (χ4n) is 4.08. The molecule has 0 unspecified atom stereocenters. The number of nitrogens with zero attached hydrogens (tertiary/aromatic N) is 5. The fraction of sp³-hybridized carbons (Fsp3) is 0.300. The molecule has 1 N–H and O–H groups in total. The lowest BCUT2D eigenvalue weighted by Crippen LogP contribution is -2.47. The van der Waals surface area contributed by atoms with E-state index in [0.29, 0.717) is 49.9 Å². The van der Waals surface area contributed by atoms with Crippen LogP contribution in [0.5, 0.6) is 5.75 Å². The maximum absolute atomic E-state index is 15.2. The number of carboxylic acids is 1. The van der Waals surface area contributed by atoms with Crippen molar-refractivity contribution in [1.29, 1.82) is 0 Å². The largest absolute Gasteiger partial charge is 0.487 e. The number of hydrogen-bond donors (Lipinski definition) is 1. The van der Waals surface area contributed by atoms with Crippen LogP contribution in [0.1, 0.15) is 10.4 Å². The van der Waals surface area contributed by atoms with Gasteiger partial charge in [0.15, 0.2) is 11.6 Å². The summed E-state index contributed by atoms with van der Waals surface area (Å²) < 4.78 is 22.6. The minimum absolute atomic E-state index is 0.0159. The van der Waals surface area contributed by atoms with Gasteiger partial charge in [-0.1, -0.05) is 0 Å². The Morgan fingerprint density at radius 3 is 2.50 bits per heavy atom. The number of carboxylic acid groups (broad SMARTS) is 1. The highest BCUT2D eigenvalue weighted by molar-refractivity contribution is 5.97. The summed E-state index contributed by atoms with van der Waals surface area (Å²) in [6.45, 7) is 2.90. The van der Waals surface area contributed by atoms with Crippen molar-refractivity contribution in [2.24, 2.45) is 0 Å².